The maximum absolute atomic E-state index is 13.3. The fraction of sp³-hybridized carbons (Fsp3) is 0. The summed E-state index contributed by atoms with van der Waals surface area (Å²) < 4.78 is 13.3. The Hall–Kier alpha value is -2.86. The molecule has 0 unspecified atom stereocenters. The molecule has 0 spiro atoms. The summed E-state index contributed by atoms with van der Waals surface area (Å²) in [5, 5.41) is 19.1. The van der Waals surface area contributed by atoms with E-state index in [1.54, 1.807) is 6.07 Å². The Morgan fingerprint density at radius 3 is 2.76 bits per heavy atom. The topological polar surface area (TPSA) is 98.0 Å². The molecular formula is C11H8FN5. The fourth-order valence-corrected chi connectivity index (χ4v) is 0.968. The Balaban J connectivity index is 2.92. The van der Waals surface area contributed by atoms with E-state index in [1.165, 1.54) is 12.1 Å². The van der Waals surface area contributed by atoms with E-state index >= 15 is 0 Å². The Bertz CT molecular complexity index is 562. The molecule has 0 atom stereocenters. The molecule has 0 bridgehead atoms. The number of rotatable bonds is 3. The SMILES string of the molecule is C#Cc1ccc(N/N=C(\C#N)C(=N)N)cc1F. The van der Waals surface area contributed by atoms with Crippen LogP contribution < -0.4 is 11.2 Å². The largest absolute Gasteiger partial charge is 0.382 e. The molecular weight excluding hydrogens is 221 g/mol. The minimum Gasteiger partial charge on any atom is -0.382 e. The number of nitriles is 1. The van der Waals surface area contributed by atoms with E-state index in [4.69, 9.17) is 22.8 Å². The van der Waals surface area contributed by atoms with E-state index in [2.05, 4.69) is 16.4 Å². The summed E-state index contributed by atoms with van der Waals surface area (Å²) >= 11 is 0. The molecule has 0 fully saturated rings. The second kappa shape index (κ2) is 5.29. The van der Waals surface area contributed by atoms with Crippen molar-refractivity contribution < 1.29 is 4.39 Å². The Kier molecular flexibility index (Phi) is 3.80. The fourth-order valence-electron chi connectivity index (χ4n) is 0.968. The maximum Gasteiger partial charge on any atom is 0.201 e. The van der Waals surface area contributed by atoms with Crippen molar-refractivity contribution in [2.45, 2.75) is 0 Å². The molecule has 0 saturated carbocycles. The number of hydrogen-bond donors (Lipinski definition) is 3. The van der Waals surface area contributed by atoms with Crippen LogP contribution in [0.2, 0.25) is 0 Å². The molecule has 0 aliphatic heterocycles. The molecule has 0 radical (unpaired) electrons. The van der Waals surface area contributed by atoms with Crippen LogP contribution in [-0.2, 0) is 0 Å². The molecule has 84 valence electrons. The van der Waals surface area contributed by atoms with Crippen LogP contribution in [0.1, 0.15) is 5.56 Å². The van der Waals surface area contributed by atoms with Gasteiger partial charge in [-0.05, 0) is 12.1 Å². The highest BCUT2D eigenvalue weighted by molar-refractivity contribution is 6.45. The number of hydrogen-bond acceptors (Lipinski definition) is 4. The maximum atomic E-state index is 13.3. The van der Waals surface area contributed by atoms with Crippen LogP contribution in [0.15, 0.2) is 23.3 Å². The average Bonchev–Trinajstić information content (AvgIpc) is 2.29. The van der Waals surface area contributed by atoms with Crippen LogP contribution in [0.5, 0.6) is 0 Å². The third-order valence-corrected chi connectivity index (χ3v) is 1.78. The highest BCUT2D eigenvalue weighted by atomic mass is 19.1. The number of anilines is 1. The molecule has 0 aromatic heterocycles. The molecule has 5 nitrogen and oxygen atoms in total. The van der Waals surface area contributed by atoms with Gasteiger partial charge in [0.05, 0.1) is 11.3 Å². The van der Waals surface area contributed by atoms with E-state index in [-0.39, 0.29) is 11.3 Å². The van der Waals surface area contributed by atoms with Gasteiger partial charge in [0.2, 0.25) is 5.71 Å². The number of benzene rings is 1. The van der Waals surface area contributed by atoms with Crippen molar-refractivity contribution in [3.8, 4) is 18.4 Å². The molecule has 1 aromatic carbocycles. The van der Waals surface area contributed by atoms with Crippen LogP contribution in [0.3, 0.4) is 0 Å². The third-order valence-electron chi connectivity index (χ3n) is 1.78. The highest BCUT2D eigenvalue weighted by Crippen LogP contribution is 2.13. The summed E-state index contributed by atoms with van der Waals surface area (Å²) in [5.74, 6) is 1.13. The van der Waals surface area contributed by atoms with E-state index in [0.29, 0.717) is 5.69 Å². The first kappa shape index (κ1) is 12.2. The van der Waals surface area contributed by atoms with E-state index in [1.807, 2.05) is 0 Å². The van der Waals surface area contributed by atoms with Gasteiger partial charge in [-0.3, -0.25) is 10.8 Å². The van der Waals surface area contributed by atoms with Gasteiger partial charge in [-0.1, -0.05) is 5.92 Å². The van der Waals surface area contributed by atoms with Gasteiger partial charge in [-0.15, -0.1) is 6.42 Å². The number of hydrazone groups is 1. The number of nitrogens with one attached hydrogen (secondary N) is 2. The first-order valence-corrected chi connectivity index (χ1v) is 4.43. The van der Waals surface area contributed by atoms with Crippen molar-refractivity contribution in [2.24, 2.45) is 10.8 Å². The van der Waals surface area contributed by atoms with Gasteiger partial charge in [0.25, 0.3) is 0 Å². The van der Waals surface area contributed by atoms with Crippen LogP contribution in [0.25, 0.3) is 0 Å². The Morgan fingerprint density at radius 1 is 1.59 bits per heavy atom. The van der Waals surface area contributed by atoms with Crippen molar-refractivity contribution in [3.05, 3.63) is 29.6 Å². The zero-order chi connectivity index (χ0) is 12.8. The lowest BCUT2D eigenvalue weighted by molar-refractivity contribution is 0.625. The van der Waals surface area contributed by atoms with Gasteiger partial charge in [-0.2, -0.15) is 10.4 Å². The van der Waals surface area contributed by atoms with Crippen molar-refractivity contribution in [2.75, 3.05) is 5.43 Å². The summed E-state index contributed by atoms with van der Waals surface area (Å²) in [6.45, 7) is 0. The molecule has 1 rings (SSSR count). The van der Waals surface area contributed by atoms with Crippen LogP contribution in [-0.4, -0.2) is 11.5 Å². The molecule has 0 saturated heterocycles. The number of nitrogens with two attached hydrogens (primary N) is 1. The average molecular weight is 229 g/mol. The molecule has 6 heteroatoms. The molecule has 0 amide bonds. The molecule has 17 heavy (non-hydrogen) atoms. The predicted molar refractivity (Wildman–Crippen MR) is 62.9 cm³/mol. The lowest BCUT2D eigenvalue weighted by atomic mass is 10.2. The van der Waals surface area contributed by atoms with Gasteiger partial charge < -0.3 is 5.73 Å². The normalized spacial score (nSPS) is 10.2. The first-order valence-electron chi connectivity index (χ1n) is 4.43. The van der Waals surface area contributed by atoms with Gasteiger partial charge in [0.15, 0.2) is 5.84 Å². The van der Waals surface area contributed by atoms with E-state index < -0.39 is 11.7 Å². The van der Waals surface area contributed by atoms with Gasteiger partial charge in [0, 0.05) is 6.07 Å². The van der Waals surface area contributed by atoms with Crippen molar-refractivity contribution in [3.63, 3.8) is 0 Å². The summed E-state index contributed by atoms with van der Waals surface area (Å²) in [4.78, 5) is 0. The Morgan fingerprint density at radius 2 is 2.29 bits per heavy atom. The van der Waals surface area contributed by atoms with Crippen molar-refractivity contribution in [1.29, 1.82) is 10.7 Å². The summed E-state index contributed by atoms with van der Waals surface area (Å²) in [7, 11) is 0. The monoisotopic (exact) mass is 229 g/mol. The summed E-state index contributed by atoms with van der Waals surface area (Å²) in [6, 6.07) is 5.65. The summed E-state index contributed by atoms with van der Waals surface area (Å²) in [5.41, 5.74) is 7.63. The predicted octanol–water partition coefficient (Wildman–Crippen LogP) is 1.03. The third kappa shape index (κ3) is 3.05. The number of terminal acetylenes is 1. The second-order valence-corrected chi connectivity index (χ2v) is 2.94. The van der Waals surface area contributed by atoms with Crippen LogP contribution in [0.4, 0.5) is 10.1 Å². The number of amidine groups is 1. The molecule has 1 aromatic rings. The Labute approximate surface area is 97.3 Å². The second-order valence-electron chi connectivity index (χ2n) is 2.94. The highest BCUT2D eigenvalue weighted by Gasteiger charge is 2.03. The lowest BCUT2D eigenvalue weighted by Gasteiger charge is -2.02. The minimum absolute atomic E-state index is 0.131. The zero-order valence-corrected chi connectivity index (χ0v) is 8.66. The quantitative estimate of drug-likeness (QED) is 0.312. The summed E-state index contributed by atoms with van der Waals surface area (Å²) in [6.07, 6.45) is 5.06. The minimum atomic E-state index is -0.575. The molecule has 0 aliphatic carbocycles. The molecule has 0 aliphatic rings. The van der Waals surface area contributed by atoms with Gasteiger partial charge in [0.1, 0.15) is 11.9 Å². The lowest BCUT2D eigenvalue weighted by Crippen LogP contribution is -2.21. The molecule has 4 N–H and O–H groups in total. The van der Waals surface area contributed by atoms with E-state index in [9.17, 15) is 4.39 Å². The smallest absolute Gasteiger partial charge is 0.201 e. The number of halogens is 1. The first-order chi connectivity index (χ1) is 8.08. The van der Waals surface area contributed by atoms with Crippen LogP contribution in [0, 0.1) is 34.9 Å². The zero-order valence-electron chi connectivity index (χ0n) is 8.66. The van der Waals surface area contributed by atoms with Gasteiger partial charge in [-0.25, -0.2) is 4.39 Å². The van der Waals surface area contributed by atoms with Gasteiger partial charge >= 0.3 is 0 Å². The van der Waals surface area contributed by atoms with Crippen molar-refractivity contribution in [1.82, 2.24) is 0 Å². The van der Waals surface area contributed by atoms with Crippen molar-refractivity contribution >= 4 is 17.2 Å². The molecule has 0 heterocycles. The van der Waals surface area contributed by atoms with E-state index in [0.717, 1.165) is 6.07 Å². The van der Waals surface area contributed by atoms with Crippen LogP contribution >= 0.6 is 0 Å². The standard InChI is InChI=1S/C11H8FN5/c1-2-7-3-4-8(5-9(7)12)16-17-10(6-13)11(14)15/h1,3-5,16H,(H3,14,15)/b17-10+. The number of nitrogens with zero attached hydrogens (tertiary/aromatic N) is 2.